The van der Waals surface area contributed by atoms with Crippen LogP contribution >= 0.6 is 24.0 Å². The van der Waals surface area contributed by atoms with Crippen LogP contribution in [-0.4, -0.2) is 49.1 Å². The largest absolute Gasteiger partial charge is 0.481 e. The van der Waals surface area contributed by atoms with Crippen molar-refractivity contribution in [1.82, 2.24) is 20.5 Å². The van der Waals surface area contributed by atoms with Crippen LogP contribution in [0.3, 0.4) is 0 Å². The van der Waals surface area contributed by atoms with E-state index in [0.29, 0.717) is 18.5 Å². The second-order valence-corrected chi connectivity index (χ2v) is 6.92. The summed E-state index contributed by atoms with van der Waals surface area (Å²) in [6.07, 6.45) is 4.28. The molecule has 2 heterocycles. The van der Waals surface area contributed by atoms with Gasteiger partial charge >= 0.3 is 0 Å². The molecule has 2 N–H and O–H groups in total. The average Bonchev–Trinajstić information content (AvgIpc) is 3.27. The van der Waals surface area contributed by atoms with Crippen molar-refractivity contribution in [3.05, 3.63) is 59.8 Å². The molecule has 1 aromatic heterocycles. The van der Waals surface area contributed by atoms with Crippen LogP contribution in [0.1, 0.15) is 36.9 Å². The first-order valence-corrected chi connectivity index (χ1v) is 10.1. The molecule has 0 aliphatic carbocycles. The lowest BCUT2D eigenvalue weighted by Crippen LogP contribution is -2.42. The normalized spacial score (nSPS) is 15.4. The third-order valence-corrected chi connectivity index (χ3v) is 5.02. The van der Waals surface area contributed by atoms with Gasteiger partial charge in [0.1, 0.15) is 0 Å². The molecule has 0 radical (unpaired) electrons. The van der Waals surface area contributed by atoms with E-state index < -0.39 is 0 Å². The monoisotopic (exact) mass is 509 g/mol. The Balaban J connectivity index is 0.00000300. The highest BCUT2D eigenvalue weighted by atomic mass is 127. The lowest BCUT2D eigenvalue weighted by Gasteiger charge is -2.29. The summed E-state index contributed by atoms with van der Waals surface area (Å²) in [6.45, 7) is 6.54. The summed E-state index contributed by atoms with van der Waals surface area (Å²) in [5, 5.41) is 6.89. The Morgan fingerprint density at radius 1 is 1.14 bits per heavy atom. The van der Waals surface area contributed by atoms with Crippen molar-refractivity contribution in [2.24, 2.45) is 4.99 Å². The molecule has 1 atom stereocenters. The molecular weight excluding hydrogens is 477 g/mol. The Hall–Kier alpha value is -1.87. The van der Waals surface area contributed by atoms with Gasteiger partial charge in [0.25, 0.3) is 0 Å². The first-order valence-electron chi connectivity index (χ1n) is 10.1. The first kappa shape index (κ1) is 23.4. The third-order valence-electron chi connectivity index (χ3n) is 5.02. The van der Waals surface area contributed by atoms with E-state index in [1.165, 1.54) is 18.4 Å². The average molecular weight is 509 g/mol. The maximum atomic E-state index is 5.33. The van der Waals surface area contributed by atoms with Crippen molar-refractivity contribution < 1.29 is 4.74 Å². The van der Waals surface area contributed by atoms with Gasteiger partial charge in [0.2, 0.25) is 5.88 Å². The number of nitrogens with one attached hydrogen (secondary N) is 2. The van der Waals surface area contributed by atoms with Gasteiger partial charge in [-0.2, -0.15) is 0 Å². The maximum Gasteiger partial charge on any atom is 0.218 e. The molecule has 0 amide bonds. The number of halogens is 1. The summed E-state index contributed by atoms with van der Waals surface area (Å²) < 4.78 is 5.33. The van der Waals surface area contributed by atoms with E-state index in [-0.39, 0.29) is 24.0 Å². The van der Waals surface area contributed by atoms with Gasteiger partial charge in [0, 0.05) is 24.8 Å². The zero-order valence-corrected chi connectivity index (χ0v) is 19.6. The SMILES string of the molecule is CCNC(=NCc1cccnc1OC)NCC(c1ccccc1)N1CCCC1.I. The van der Waals surface area contributed by atoms with E-state index in [1.54, 1.807) is 13.3 Å². The Kier molecular flexibility index (Phi) is 10.2. The van der Waals surface area contributed by atoms with Crippen molar-refractivity contribution in [3.8, 4) is 5.88 Å². The van der Waals surface area contributed by atoms with Crippen molar-refractivity contribution >= 4 is 29.9 Å². The number of rotatable bonds is 8. The van der Waals surface area contributed by atoms with E-state index in [2.05, 4.69) is 57.8 Å². The third kappa shape index (κ3) is 6.85. The Bertz CT molecular complexity index is 750. The summed E-state index contributed by atoms with van der Waals surface area (Å²) >= 11 is 0. The number of aliphatic imine (C=N–C) groups is 1. The van der Waals surface area contributed by atoms with Crippen LogP contribution in [0.4, 0.5) is 0 Å². The Morgan fingerprint density at radius 3 is 2.59 bits per heavy atom. The van der Waals surface area contributed by atoms with Crippen LogP contribution in [0.15, 0.2) is 53.7 Å². The molecule has 1 saturated heterocycles. The van der Waals surface area contributed by atoms with Crippen molar-refractivity contribution in [3.63, 3.8) is 0 Å². The minimum absolute atomic E-state index is 0. The first-order chi connectivity index (χ1) is 13.8. The van der Waals surface area contributed by atoms with E-state index in [1.807, 2.05) is 12.1 Å². The van der Waals surface area contributed by atoms with Crippen LogP contribution in [-0.2, 0) is 6.54 Å². The minimum atomic E-state index is 0. The molecule has 7 heteroatoms. The highest BCUT2D eigenvalue weighted by molar-refractivity contribution is 14.0. The molecule has 1 unspecified atom stereocenters. The smallest absolute Gasteiger partial charge is 0.218 e. The zero-order valence-electron chi connectivity index (χ0n) is 17.3. The summed E-state index contributed by atoms with van der Waals surface area (Å²) in [4.78, 5) is 11.6. The fraction of sp³-hybridized carbons (Fsp3) is 0.455. The van der Waals surface area contributed by atoms with E-state index >= 15 is 0 Å². The number of hydrogen-bond donors (Lipinski definition) is 2. The van der Waals surface area contributed by atoms with Gasteiger partial charge in [0.15, 0.2) is 5.96 Å². The number of aromatic nitrogens is 1. The summed E-state index contributed by atoms with van der Waals surface area (Å²) in [7, 11) is 1.64. The zero-order chi connectivity index (χ0) is 19.6. The number of methoxy groups -OCH3 is 1. The second-order valence-electron chi connectivity index (χ2n) is 6.92. The molecule has 2 aromatic rings. The molecule has 29 heavy (non-hydrogen) atoms. The van der Waals surface area contributed by atoms with Crippen LogP contribution in [0.2, 0.25) is 0 Å². The predicted molar refractivity (Wildman–Crippen MR) is 129 cm³/mol. The van der Waals surface area contributed by atoms with E-state index in [9.17, 15) is 0 Å². The highest BCUT2D eigenvalue weighted by Crippen LogP contribution is 2.24. The number of pyridine rings is 1. The molecule has 1 aliphatic heterocycles. The summed E-state index contributed by atoms with van der Waals surface area (Å²) in [6, 6.07) is 15.0. The molecule has 0 saturated carbocycles. The van der Waals surface area contributed by atoms with E-state index in [4.69, 9.17) is 9.73 Å². The van der Waals surface area contributed by atoms with Crippen molar-refractivity contribution in [2.75, 3.05) is 33.3 Å². The number of benzene rings is 1. The summed E-state index contributed by atoms with van der Waals surface area (Å²) in [5.74, 6) is 1.44. The van der Waals surface area contributed by atoms with Gasteiger partial charge in [-0.05, 0) is 44.5 Å². The number of likely N-dealkylation sites (tertiary alicyclic amines) is 1. The topological polar surface area (TPSA) is 61.8 Å². The summed E-state index contributed by atoms with van der Waals surface area (Å²) in [5.41, 5.74) is 2.32. The predicted octanol–water partition coefficient (Wildman–Crippen LogP) is 3.60. The van der Waals surface area contributed by atoms with Gasteiger partial charge in [0.05, 0.1) is 19.7 Å². The fourth-order valence-electron chi connectivity index (χ4n) is 3.61. The molecule has 6 nitrogen and oxygen atoms in total. The van der Waals surface area contributed by atoms with Crippen LogP contribution in [0, 0.1) is 0 Å². The molecule has 1 aliphatic rings. The van der Waals surface area contributed by atoms with Gasteiger partial charge in [-0.15, -0.1) is 24.0 Å². The van der Waals surface area contributed by atoms with Gasteiger partial charge in [-0.1, -0.05) is 36.4 Å². The number of nitrogens with zero attached hydrogens (tertiary/aromatic N) is 3. The molecule has 0 bridgehead atoms. The fourth-order valence-corrected chi connectivity index (χ4v) is 3.61. The van der Waals surface area contributed by atoms with Crippen LogP contribution in [0.5, 0.6) is 5.88 Å². The quantitative estimate of drug-likeness (QED) is 0.324. The standard InChI is InChI=1S/C22H31N5O.HI/c1-3-23-22(25-16-19-12-9-13-24-21(19)28-2)26-17-20(27-14-7-8-15-27)18-10-5-4-6-11-18;/h4-6,9-13,20H,3,7-8,14-17H2,1-2H3,(H2,23,25,26);1H. The van der Waals surface area contributed by atoms with E-state index in [0.717, 1.165) is 37.7 Å². The van der Waals surface area contributed by atoms with Crippen molar-refractivity contribution in [1.29, 1.82) is 0 Å². The second kappa shape index (κ2) is 12.6. The molecule has 1 fully saturated rings. The minimum Gasteiger partial charge on any atom is -0.481 e. The number of ether oxygens (including phenoxy) is 1. The molecule has 158 valence electrons. The lowest BCUT2D eigenvalue weighted by atomic mass is 10.1. The Labute approximate surface area is 191 Å². The van der Waals surface area contributed by atoms with Crippen LogP contribution < -0.4 is 15.4 Å². The number of guanidine groups is 1. The van der Waals surface area contributed by atoms with Gasteiger partial charge < -0.3 is 15.4 Å². The van der Waals surface area contributed by atoms with Crippen molar-refractivity contribution in [2.45, 2.75) is 32.4 Å². The van der Waals surface area contributed by atoms with Gasteiger partial charge in [-0.25, -0.2) is 9.98 Å². The lowest BCUT2D eigenvalue weighted by molar-refractivity contribution is 0.245. The molecular formula is C22H32IN5O. The number of hydrogen-bond acceptors (Lipinski definition) is 4. The molecule has 1 aromatic carbocycles. The van der Waals surface area contributed by atoms with Gasteiger partial charge in [-0.3, -0.25) is 4.90 Å². The molecule has 3 rings (SSSR count). The maximum absolute atomic E-state index is 5.33. The highest BCUT2D eigenvalue weighted by Gasteiger charge is 2.23. The van der Waals surface area contributed by atoms with Crippen LogP contribution in [0.25, 0.3) is 0 Å². The Morgan fingerprint density at radius 2 is 1.90 bits per heavy atom. The molecule has 0 spiro atoms.